The molecule has 0 N–H and O–H groups in total. The van der Waals surface area contributed by atoms with Crippen LogP contribution in [0.2, 0.25) is 0 Å². The van der Waals surface area contributed by atoms with Crippen molar-refractivity contribution in [1.82, 2.24) is 13.9 Å². The fourth-order valence-corrected chi connectivity index (χ4v) is 6.13. The van der Waals surface area contributed by atoms with Gasteiger partial charge in [-0.3, -0.25) is 0 Å². The average Bonchev–Trinajstić information content (AvgIpc) is 2.82. The predicted molar refractivity (Wildman–Crippen MR) is 98.6 cm³/mol. The van der Waals surface area contributed by atoms with Crippen molar-refractivity contribution in [2.45, 2.75) is 44.2 Å². The fraction of sp³-hybridized carbons (Fsp3) is 0.429. The molecule has 2 aromatic rings. The van der Waals surface area contributed by atoms with Gasteiger partial charge in [0.05, 0.1) is 17.8 Å². The summed E-state index contributed by atoms with van der Waals surface area (Å²) in [5.41, 5.74) is 0.220. The van der Waals surface area contributed by atoms with Crippen LogP contribution in [0.4, 0.5) is 0 Å². The number of hydrogen-bond donors (Lipinski definition) is 0. The molecular formula is C21H21N3O2. The van der Waals surface area contributed by atoms with E-state index in [9.17, 15) is 9.59 Å². The molecule has 5 heteroatoms. The van der Waals surface area contributed by atoms with E-state index in [0.717, 1.165) is 12.8 Å². The zero-order valence-corrected chi connectivity index (χ0v) is 14.5. The van der Waals surface area contributed by atoms with Gasteiger partial charge in [0.15, 0.2) is 0 Å². The average molecular weight is 347 g/mol. The number of aromatic nitrogens is 3. The highest BCUT2D eigenvalue weighted by Crippen LogP contribution is 2.71. The van der Waals surface area contributed by atoms with E-state index in [1.54, 1.807) is 9.36 Å². The topological polar surface area (TPSA) is 48.9 Å². The smallest absolute Gasteiger partial charge is 0.245 e. The van der Waals surface area contributed by atoms with Crippen molar-refractivity contribution in [3.8, 4) is 5.69 Å². The third-order valence-electron chi connectivity index (χ3n) is 7.30. The normalized spacial score (nSPS) is 36.0. The summed E-state index contributed by atoms with van der Waals surface area (Å²) in [5.74, 6) is 0. The van der Waals surface area contributed by atoms with Crippen molar-refractivity contribution in [2.75, 3.05) is 0 Å². The molecule has 5 nitrogen and oxygen atoms in total. The molecular weight excluding hydrogens is 326 g/mol. The van der Waals surface area contributed by atoms with Crippen molar-refractivity contribution >= 4 is 0 Å². The van der Waals surface area contributed by atoms with E-state index < -0.39 is 0 Å². The summed E-state index contributed by atoms with van der Waals surface area (Å²) in [7, 11) is 0. The number of para-hydroxylation sites is 1. The highest BCUT2D eigenvalue weighted by molar-refractivity contribution is 5.41. The molecule has 3 aliphatic carbocycles. The molecule has 1 saturated carbocycles. The van der Waals surface area contributed by atoms with Gasteiger partial charge in [-0.1, -0.05) is 61.8 Å². The molecule has 1 fully saturated rings. The Balaban J connectivity index is 1.65. The summed E-state index contributed by atoms with van der Waals surface area (Å²) in [6, 6.07) is 9.16. The summed E-state index contributed by atoms with van der Waals surface area (Å²) in [6.45, 7) is 0. The second kappa shape index (κ2) is 4.58. The Kier molecular flexibility index (Phi) is 2.57. The molecule has 2 bridgehead atoms. The Morgan fingerprint density at radius 2 is 1.31 bits per heavy atom. The van der Waals surface area contributed by atoms with Gasteiger partial charge >= 0.3 is 11.4 Å². The van der Waals surface area contributed by atoms with Gasteiger partial charge in [0.1, 0.15) is 0 Å². The maximum Gasteiger partial charge on any atom is 0.352 e. The van der Waals surface area contributed by atoms with Gasteiger partial charge in [-0.2, -0.15) is 0 Å². The molecule has 0 spiro atoms. The van der Waals surface area contributed by atoms with E-state index in [1.807, 2.05) is 30.3 Å². The van der Waals surface area contributed by atoms with Gasteiger partial charge in [0, 0.05) is 10.8 Å². The number of benzene rings is 1. The van der Waals surface area contributed by atoms with Crippen LogP contribution in [0.5, 0.6) is 0 Å². The Morgan fingerprint density at radius 1 is 0.769 bits per heavy atom. The molecule has 0 amide bonds. The fourth-order valence-electron chi connectivity index (χ4n) is 6.13. The SMILES string of the molecule is O=c1n(-c2ccccc2)c(=O)n2n1C1C=CC2C23C=CC12CCCCC3. The van der Waals surface area contributed by atoms with Crippen LogP contribution in [-0.4, -0.2) is 13.9 Å². The summed E-state index contributed by atoms with van der Waals surface area (Å²) < 4.78 is 4.82. The number of rotatable bonds is 1. The van der Waals surface area contributed by atoms with Crippen LogP contribution in [0.15, 0.2) is 64.2 Å². The van der Waals surface area contributed by atoms with E-state index in [2.05, 4.69) is 24.3 Å². The second-order valence-corrected chi connectivity index (χ2v) is 8.17. The first-order valence-corrected chi connectivity index (χ1v) is 9.60. The van der Waals surface area contributed by atoms with Crippen LogP contribution in [0, 0.1) is 10.8 Å². The monoisotopic (exact) mass is 347 g/mol. The first-order valence-electron chi connectivity index (χ1n) is 9.60. The quantitative estimate of drug-likeness (QED) is 0.745. The van der Waals surface area contributed by atoms with Crippen LogP contribution >= 0.6 is 0 Å². The van der Waals surface area contributed by atoms with Gasteiger partial charge in [0.2, 0.25) is 0 Å². The van der Waals surface area contributed by atoms with E-state index in [-0.39, 0.29) is 34.3 Å². The minimum absolute atomic E-state index is 0.00204. The largest absolute Gasteiger partial charge is 0.352 e. The third kappa shape index (κ3) is 1.38. The van der Waals surface area contributed by atoms with E-state index in [4.69, 9.17) is 0 Å². The molecule has 1 aromatic heterocycles. The first-order chi connectivity index (χ1) is 12.7. The maximum atomic E-state index is 13.3. The third-order valence-corrected chi connectivity index (χ3v) is 7.30. The zero-order chi connectivity index (χ0) is 17.5. The van der Waals surface area contributed by atoms with Gasteiger partial charge in [-0.25, -0.2) is 23.5 Å². The predicted octanol–water partition coefficient (Wildman–Crippen LogP) is 2.97. The zero-order valence-electron chi connectivity index (χ0n) is 14.5. The Bertz CT molecular complexity index is 1020. The molecule has 4 atom stereocenters. The molecule has 7 rings (SSSR count). The summed E-state index contributed by atoms with van der Waals surface area (Å²) in [4.78, 5) is 26.6. The summed E-state index contributed by atoms with van der Waals surface area (Å²) >= 11 is 0. The Morgan fingerprint density at radius 3 is 1.81 bits per heavy atom. The number of hydrogen-bond acceptors (Lipinski definition) is 2. The van der Waals surface area contributed by atoms with Gasteiger partial charge < -0.3 is 0 Å². The molecule has 1 aromatic carbocycles. The lowest BCUT2D eigenvalue weighted by molar-refractivity contribution is -0.0552. The molecule has 0 saturated heterocycles. The summed E-state index contributed by atoms with van der Waals surface area (Å²) in [5, 5.41) is 0. The van der Waals surface area contributed by atoms with Crippen LogP contribution < -0.4 is 11.4 Å². The van der Waals surface area contributed by atoms with Crippen molar-refractivity contribution in [3.05, 3.63) is 75.6 Å². The lowest BCUT2D eigenvalue weighted by Crippen LogP contribution is -2.63. The van der Waals surface area contributed by atoms with Crippen molar-refractivity contribution in [3.63, 3.8) is 0 Å². The van der Waals surface area contributed by atoms with Crippen molar-refractivity contribution < 1.29 is 0 Å². The van der Waals surface area contributed by atoms with E-state index >= 15 is 0 Å². The molecule has 5 aliphatic rings. The molecule has 26 heavy (non-hydrogen) atoms. The minimum atomic E-state index is -0.215. The van der Waals surface area contributed by atoms with Crippen LogP contribution in [0.25, 0.3) is 5.69 Å². The van der Waals surface area contributed by atoms with Crippen LogP contribution in [0.1, 0.15) is 44.2 Å². The van der Waals surface area contributed by atoms with Gasteiger partial charge in [0.25, 0.3) is 0 Å². The number of nitrogens with zero attached hydrogens (tertiary/aromatic N) is 3. The molecule has 3 heterocycles. The lowest BCUT2D eigenvalue weighted by Gasteiger charge is -2.64. The van der Waals surface area contributed by atoms with E-state index in [0.29, 0.717) is 5.69 Å². The Labute approximate surface area is 150 Å². The van der Waals surface area contributed by atoms with Gasteiger partial charge in [-0.05, 0) is 25.0 Å². The van der Waals surface area contributed by atoms with Crippen LogP contribution in [-0.2, 0) is 0 Å². The van der Waals surface area contributed by atoms with Gasteiger partial charge in [-0.15, -0.1) is 0 Å². The highest BCUT2D eigenvalue weighted by Gasteiger charge is 2.67. The first kappa shape index (κ1) is 14.6. The van der Waals surface area contributed by atoms with E-state index in [1.165, 1.54) is 23.8 Å². The minimum Gasteiger partial charge on any atom is -0.245 e. The molecule has 132 valence electrons. The number of allylic oxidation sites excluding steroid dienone is 4. The van der Waals surface area contributed by atoms with Crippen LogP contribution in [0.3, 0.4) is 0 Å². The lowest BCUT2D eigenvalue weighted by atomic mass is 9.44. The molecule has 2 aliphatic heterocycles. The Hall–Kier alpha value is -2.56. The second-order valence-electron chi connectivity index (χ2n) is 8.17. The molecule has 4 unspecified atom stereocenters. The standard InChI is InChI=1S/C21H21N3O2/c25-18-22(15-7-3-1-4-8-15)19(26)24-17-10-9-16(23(18)24)20-11-5-2-6-12-21(17,20)14-13-20/h1,3-4,7-10,13-14,16-17H,2,5-6,11-12H2. The van der Waals surface area contributed by atoms with Crippen molar-refractivity contribution in [2.24, 2.45) is 10.8 Å². The van der Waals surface area contributed by atoms with Crippen molar-refractivity contribution in [1.29, 1.82) is 0 Å². The highest BCUT2D eigenvalue weighted by atomic mass is 16.2. The molecule has 0 radical (unpaired) electrons. The summed E-state index contributed by atoms with van der Waals surface area (Å²) in [6.07, 6.45) is 14.9. The maximum absolute atomic E-state index is 13.3.